The van der Waals surface area contributed by atoms with Crippen LogP contribution in [0, 0.1) is 5.92 Å². The van der Waals surface area contributed by atoms with Crippen LogP contribution in [0.1, 0.15) is 102 Å². The maximum atomic E-state index is 14.6. The van der Waals surface area contributed by atoms with Crippen LogP contribution in [0.5, 0.6) is 0 Å². The molecule has 5 amide bonds. The van der Waals surface area contributed by atoms with Gasteiger partial charge in [-0.3, -0.25) is 34.2 Å². The lowest BCUT2D eigenvalue weighted by molar-refractivity contribution is -0.136. The van der Waals surface area contributed by atoms with E-state index in [1.54, 1.807) is 30.6 Å². The molecule has 0 bridgehead atoms. The molecule has 0 saturated carbocycles. The third kappa shape index (κ3) is 8.76. The molecule has 18 heteroatoms. The highest BCUT2D eigenvalue weighted by atomic mass is 19.1. The largest absolute Gasteiger partial charge is 0.378 e. The van der Waals surface area contributed by atoms with Crippen LogP contribution in [-0.4, -0.2) is 136 Å². The molecule has 17 nitrogen and oxygen atoms in total. The third-order valence-corrected chi connectivity index (χ3v) is 13.7. The van der Waals surface area contributed by atoms with Gasteiger partial charge >= 0.3 is 0 Å². The van der Waals surface area contributed by atoms with E-state index in [-0.39, 0.29) is 37.4 Å². The molecule has 0 radical (unpaired) electrons. The maximum absolute atomic E-state index is 14.6. The number of amides is 5. The molecule has 8 heterocycles. The smallest absolute Gasteiger partial charge is 0.262 e. The molecule has 338 valence electrons. The van der Waals surface area contributed by atoms with Crippen LogP contribution in [0.4, 0.5) is 27.7 Å². The van der Waals surface area contributed by atoms with Gasteiger partial charge < -0.3 is 34.6 Å². The lowest BCUT2D eigenvalue weighted by atomic mass is 9.92. The van der Waals surface area contributed by atoms with Crippen molar-refractivity contribution in [1.82, 2.24) is 40.0 Å². The molecule has 1 unspecified atom stereocenters. The number of rotatable bonds is 12. The number of hydrogen-bond donors (Lipinski definition) is 3. The number of methoxy groups -OCH3 is 1. The highest BCUT2D eigenvalue weighted by Gasteiger charge is 2.45. The van der Waals surface area contributed by atoms with E-state index < -0.39 is 41.9 Å². The Morgan fingerprint density at radius 2 is 1.67 bits per heavy atom. The molecule has 4 saturated heterocycles. The monoisotopic (exact) mass is 877 g/mol. The summed E-state index contributed by atoms with van der Waals surface area (Å²) in [7, 11) is 1.53. The summed E-state index contributed by atoms with van der Waals surface area (Å²) in [6.45, 7) is 9.44. The first-order valence-electron chi connectivity index (χ1n) is 22.6. The van der Waals surface area contributed by atoms with Gasteiger partial charge in [0.05, 0.1) is 34.9 Å². The average Bonchev–Trinajstić information content (AvgIpc) is 3.80. The molecular formula is C46H56FN11O6. The molecule has 64 heavy (non-hydrogen) atoms. The fourth-order valence-electron chi connectivity index (χ4n) is 9.92. The van der Waals surface area contributed by atoms with Crippen molar-refractivity contribution in [2.75, 3.05) is 68.0 Å². The van der Waals surface area contributed by atoms with E-state index in [1.165, 1.54) is 7.11 Å². The predicted octanol–water partition coefficient (Wildman–Crippen LogP) is 4.62. The molecule has 3 N–H and O–H groups in total. The first kappa shape index (κ1) is 43.3. The number of halogens is 1. The number of alkyl halides is 1. The van der Waals surface area contributed by atoms with E-state index in [2.05, 4.69) is 59.1 Å². The molecule has 3 aromatic heterocycles. The number of aromatic nitrogens is 4. The van der Waals surface area contributed by atoms with Crippen LogP contribution in [0.2, 0.25) is 0 Å². The molecule has 1 aromatic carbocycles. The minimum Gasteiger partial charge on any atom is -0.378 e. The number of ether oxygens (including phenoxy) is 1. The zero-order valence-corrected chi connectivity index (χ0v) is 36.6. The van der Waals surface area contributed by atoms with Gasteiger partial charge in [-0.2, -0.15) is 4.98 Å². The molecule has 4 aromatic rings. The van der Waals surface area contributed by atoms with Crippen LogP contribution in [0.15, 0.2) is 48.9 Å². The lowest BCUT2D eigenvalue weighted by Crippen LogP contribution is -2.54. The van der Waals surface area contributed by atoms with Crippen LogP contribution in [-0.2, 0) is 14.3 Å². The molecule has 5 aliphatic heterocycles. The molecule has 5 aliphatic rings. The van der Waals surface area contributed by atoms with Crippen molar-refractivity contribution in [2.45, 2.75) is 95.6 Å². The molecule has 3 atom stereocenters. The Morgan fingerprint density at radius 1 is 0.906 bits per heavy atom. The number of hydrogen-bond acceptors (Lipinski definition) is 13. The Morgan fingerprint density at radius 3 is 2.41 bits per heavy atom. The average molecular weight is 878 g/mol. The summed E-state index contributed by atoms with van der Waals surface area (Å²) in [5.41, 5.74) is 2.96. The normalized spacial score (nSPS) is 22.7. The van der Waals surface area contributed by atoms with Crippen molar-refractivity contribution in [3.63, 3.8) is 0 Å². The maximum Gasteiger partial charge on any atom is 0.262 e. The van der Waals surface area contributed by atoms with Crippen molar-refractivity contribution in [3.8, 4) is 0 Å². The zero-order valence-electron chi connectivity index (χ0n) is 36.6. The predicted molar refractivity (Wildman–Crippen MR) is 238 cm³/mol. The van der Waals surface area contributed by atoms with Gasteiger partial charge in [0.15, 0.2) is 0 Å². The zero-order chi connectivity index (χ0) is 44.6. The van der Waals surface area contributed by atoms with E-state index in [4.69, 9.17) is 4.74 Å². The summed E-state index contributed by atoms with van der Waals surface area (Å²) in [4.78, 5) is 85.7. The number of anilines is 4. The van der Waals surface area contributed by atoms with Crippen molar-refractivity contribution in [2.24, 2.45) is 5.92 Å². The first-order chi connectivity index (χ1) is 30.9. The Bertz CT molecular complexity index is 2450. The number of carbonyl (C=O) groups excluding carboxylic acids is 5. The topological polar surface area (TPSA) is 187 Å². The van der Waals surface area contributed by atoms with Gasteiger partial charge in [0.1, 0.15) is 23.8 Å². The van der Waals surface area contributed by atoms with Crippen LogP contribution in [0.3, 0.4) is 0 Å². The SMILES string of the molecule is CO[C@@H]1CCN(c2nccc(Nc3cc4c(cn3)c(C(=O)NC3CCN(CCC5CCN(c6ccc7c(c6)C(=O)N(C6CCC(=O)NC6=O)C7=O)CC5)CC3)cn4C(C)C)n2)C[C@@H]1F. The van der Waals surface area contributed by atoms with Gasteiger partial charge in [0, 0.05) is 94.1 Å². The van der Waals surface area contributed by atoms with Crippen LogP contribution < -0.4 is 25.8 Å². The number of fused-ring (bicyclic) bond motifs is 2. The molecule has 4 fully saturated rings. The van der Waals surface area contributed by atoms with Crippen LogP contribution in [0.25, 0.3) is 10.9 Å². The summed E-state index contributed by atoms with van der Waals surface area (Å²) < 4.78 is 22.0. The van der Waals surface area contributed by atoms with E-state index in [0.29, 0.717) is 53.2 Å². The fraction of sp³-hybridized carbons (Fsp3) is 0.522. The van der Waals surface area contributed by atoms with E-state index >= 15 is 0 Å². The quantitative estimate of drug-likeness (QED) is 0.168. The van der Waals surface area contributed by atoms with Gasteiger partial charge in [-0.25, -0.2) is 14.4 Å². The number of benzene rings is 1. The number of pyridine rings is 1. The summed E-state index contributed by atoms with van der Waals surface area (Å²) in [6, 6.07) is 8.20. The summed E-state index contributed by atoms with van der Waals surface area (Å²) in [5, 5.41) is 9.61. The molecule has 0 spiro atoms. The highest BCUT2D eigenvalue weighted by molar-refractivity contribution is 6.23. The minimum absolute atomic E-state index is 0.0730. The Labute approximate surface area is 371 Å². The Kier molecular flexibility index (Phi) is 12.3. The number of nitrogens with one attached hydrogen (secondary N) is 3. The Hall–Kier alpha value is -6.01. The van der Waals surface area contributed by atoms with E-state index in [0.717, 1.165) is 86.3 Å². The summed E-state index contributed by atoms with van der Waals surface area (Å²) in [6.07, 6.45) is 9.40. The van der Waals surface area contributed by atoms with Crippen LogP contribution >= 0.6 is 0 Å². The summed E-state index contributed by atoms with van der Waals surface area (Å²) in [5.74, 6) is 0.0297. The third-order valence-electron chi connectivity index (χ3n) is 13.7. The molecular weight excluding hydrogens is 822 g/mol. The molecule has 9 rings (SSSR count). The second kappa shape index (κ2) is 18.2. The highest BCUT2D eigenvalue weighted by Crippen LogP contribution is 2.34. The van der Waals surface area contributed by atoms with Crippen molar-refractivity contribution in [1.29, 1.82) is 0 Å². The van der Waals surface area contributed by atoms with Gasteiger partial charge in [-0.05, 0) is 95.5 Å². The fourth-order valence-corrected chi connectivity index (χ4v) is 9.92. The van der Waals surface area contributed by atoms with Gasteiger partial charge in [0.2, 0.25) is 17.8 Å². The van der Waals surface area contributed by atoms with Gasteiger partial charge in [-0.1, -0.05) is 0 Å². The lowest BCUT2D eigenvalue weighted by Gasteiger charge is -2.36. The molecule has 0 aliphatic carbocycles. The van der Waals surface area contributed by atoms with Crippen molar-refractivity contribution in [3.05, 3.63) is 65.6 Å². The minimum atomic E-state index is -1.12. The standard InChI is InChI=1S/C46H56FN11O6/c1-27(2)57-25-34(33-24-49-40(23-37(33)57)51-39-8-15-48-46(52-39)56-21-14-38(64-3)35(47)26-56)42(60)50-29-12-17-54(18-13-29)16-9-28-10-19-55(20-11-28)30-4-5-31-32(22-30)45(63)58(44(31)62)36-6-7-41(59)53-43(36)61/h4-5,8,15,22-25,27-29,35-36,38H,6-7,9-14,16-21,26H2,1-3H3,(H,50,60)(H,53,59,61)(H,48,49,51,52)/t35-,36?,38+/m0/s1. The number of likely N-dealkylation sites (tertiary alicyclic amines) is 1. The second-order valence-corrected chi connectivity index (χ2v) is 18.0. The Balaban J connectivity index is 0.743. The van der Waals surface area contributed by atoms with Crippen molar-refractivity contribution >= 4 is 63.7 Å². The summed E-state index contributed by atoms with van der Waals surface area (Å²) >= 11 is 0. The number of carbonyl (C=O) groups is 5. The van der Waals surface area contributed by atoms with Gasteiger partial charge in [0.25, 0.3) is 17.7 Å². The number of piperidine rings is 4. The first-order valence-corrected chi connectivity index (χ1v) is 22.6. The van der Waals surface area contributed by atoms with E-state index in [9.17, 15) is 28.4 Å². The van der Waals surface area contributed by atoms with E-state index in [1.807, 2.05) is 23.2 Å². The van der Waals surface area contributed by atoms with Crippen molar-refractivity contribution < 1.29 is 33.1 Å². The number of nitrogens with zero attached hydrogens (tertiary/aromatic N) is 8. The van der Waals surface area contributed by atoms with Gasteiger partial charge in [-0.15, -0.1) is 0 Å². The second-order valence-electron chi connectivity index (χ2n) is 18.0. The number of imide groups is 2.